The van der Waals surface area contributed by atoms with Gasteiger partial charge in [0.15, 0.2) is 0 Å². The van der Waals surface area contributed by atoms with E-state index in [0.717, 1.165) is 22.2 Å². The molecule has 0 radical (unpaired) electrons. The predicted molar refractivity (Wildman–Crippen MR) is 116 cm³/mol. The highest BCUT2D eigenvalue weighted by Gasteiger charge is 2.34. The lowest BCUT2D eigenvalue weighted by Gasteiger charge is -2.13. The van der Waals surface area contributed by atoms with E-state index in [1.807, 2.05) is 6.92 Å². The van der Waals surface area contributed by atoms with Gasteiger partial charge in [-0.3, -0.25) is 24.1 Å². The molecule has 1 aliphatic heterocycles. The van der Waals surface area contributed by atoms with E-state index in [9.17, 15) is 23.6 Å². The molecule has 0 aromatic heterocycles. The van der Waals surface area contributed by atoms with E-state index in [-0.39, 0.29) is 36.0 Å². The van der Waals surface area contributed by atoms with E-state index in [1.54, 1.807) is 30.3 Å². The number of benzene rings is 2. The third kappa shape index (κ3) is 5.79. The van der Waals surface area contributed by atoms with E-state index >= 15 is 0 Å². The Morgan fingerprint density at radius 3 is 2.48 bits per heavy atom. The molecule has 7 nitrogen and oxygen atoms in total. The van der Waals surface area contributed by atoms with Crippen LogP contribution in [0.1, 0.15) is 21.5 Å². The molecule has 3 rings (SSSR count). The Hall–Kier alpha value is -3.46. The number of aryl methyl sites for hydroxylation is 1. The maximum absolute atomic E-state index is 13.8. The van der Waals surface area contributed by atoms with Crippen LogP contribution in [0.2, 0.25) is 0 Å². The Morgan fingerprint density at radius 1 is 1.06 bits per heavy atom. The Kier molecular flexibility index (Phi) is 7.19. The molecule has 1 heterocycles. The number of carbonyl (C=O) groups excluding carboxylic acids is 4. The van der Waals surface area contributed by atoms with E-state index in [1.165, 1.54) is 24.3 Å². The van der Waals surface area contributed by atoms with Gasteiger partial charge >= 0.3 is 0 Å². The largest absolute Gasteiger partial charge is 0.353 e. The van der Waals surface area contributed by atoms with Crippen LogP contribution in [-0.4, -0.2) is 47.5 Å². The van der Waals surface area contributed by atoms with Crippen molar-refractivity contribution < 1.29 is 23.6 Å². The zero-order valence-corrected chi connectivity index (χ0v) is 17.5. The fourth-order valence-electron chi connectivity index (χ4n) is 2.76. The second kappa shape index (κ2) is 10.0. The van der Waals surface area contributed by atoms with Crippen LogP contribution in [0.5, 0.6) is 0 Å². The lowest BCUT2D eigenvalue weighted by Crippen LogP contribution is -2.41. The summed E-state index contributed by atoms with van der Waals surface area (Å²) in [7, 11) is 0. The summed E-state index contributed by atoms with van der Waals surface area (Å²) < 4.78 is 13.8. The molecule has 1 aliphatic rings. The number of nitrogens with one attached hydrogen (secondary N) is 2. The van der Waals surface area contributed by atoms with Crippen molar-refractivity contribution in [1.82, 2.24) is 15.5 Å². The number of halogens is 1. The van der Waals surface area contributed by atoms with Crippen molar-refractivity contribution in [3.63, 3.8) is 0 Å². The molecule has 2 aromatic rings. The minimum atomic E-state index is -0.542. The minimum absolute atomic E-state index is 0.0308. The van der Waals surface area contributed by atoms with E-state index in [2.05, 4.69) is 10.6 Å². The van der Waals surface area contributed by atoms with Crippen molar-refractivity contribution in [3.8, 4) is 0 Å². The lowest BCUT2D eigenvalue weighted by molar-refractivity contribution is -0.124. The summed E-state index contributed by atoms with van der Waals surface area (Å²) >= 11 is 0.719. The Bertz CT molecular complexity index is 1050. The van der Waals surface area contributed by atoms with Crippen molar-refractivity contribution in [2.75, 3.05) is 19.6 Å². The second-order valence-electron chi connectivity index (χ2n) is 6.75. The first-order valence-electron chi connectivity index (χ1n) is 9.46. The number of hydrogen-bond donors (Lipinski definition) is 2. The molecule has 0 aliphatic carbocycles. The number of nitrogens with zero attached hydrogens (tertiary/aromatic N) is 1. The van der Waals surface area contributed by atoms with E-state index in [4.69, 9.17) is 0 Å². The fourth-order valence-corrected chi connectivity index (χ4v) is 3.62. The number of thioether (sulfide) groups is 1. The molecule has 0 unspecified atom stereocenters. The Balaban J connectivity index is 1.46. The summed E-state index contributed by atoms with van der Waals surface area (Å²) in [6.07, 6.45) is 1.33. The predicted octanol–water partition coefficient (Wildman–Crippen LogP) is 2.72. The van der Waals surface area contributed by atoms with Gasteiger partial charge in [0.25, 0.3) is 17.1 Å². The van der Waals surface area contributed by atoms with Gasteiger partial charge in [0, 0.05) is 24.2 Å². The first kappa shape index (κ1) is 22.2. The number of hydrogen-bond acceptors (Lipinski definition) is 5. The molecule has 0 saturated carbocycles. The van der Waals surface area contributed by atoms with E-state index in [0.29, 0.717) is 5.56 Å². The lowest BCUT2D eigenvalue weighted by atomic mass is 10.1. The number of amides is 4. The average molecular weight is 441 g/mol. The van der Waals surface area contributed by atoms with Gasteiger partial charge in [0.1, 0.15) is 5.82 Å². The van der Waals surface area contributed by atoms with Crippen LogP contribution in [0, 0.1) is 12.7 Å². The quantitative estimate of drug-likeness (QED) is 0.645. The van der Waals surface area contributed by atoms with Gasteiger partial charge in [-0.2, -0.15) is 0 Å². The molecule has 1 fully saturated rings. The average Bonchev–Trinajstić information content (AvgIpc) is 3.01. The van der Waals surface area contributed by atoms with Crippen molar-refractivity contribution in [2.45, 2.75) is 6.92 Å². The first-order chi connectivity index (χ1) is 14.8. The van der Waals surface area contributed by atoms with Gasteiger partial charge in [-0.15, -0.1) is 0 Å². The molecule has 31 heavy (non-hydrogen) atoms. The maximum Gasteiger partial charge on any atom is 0.293 e. The van der Waals surface area contributed by atoms with Gasteiger partial charge in [0.2, 0.25) is 5.91 Å². The number of imide groups is 1. The summed E-state index contributed by atoms with van der Waals surface area (Å²) in [5, 5.41) is 4.57. The zero-order valence-electron chi connectivity index (χ0n) is 16.7. The molecule has 2 aromatic carbocycles. The molecule has 160 valence electrons. The topological polar surface area (TPSA) is 95.6 Å². The first-order valence-corrected chi connectivity index (χ1v) is 10.3. The summed E-state index contributed by atoms with van der Waals surface area (Å²) in [5.41, 5.74) is 1.67. The molecule has 4 amide bonds. The second-order valence-corrected chi connectivity index (χ2v) is 7.75. The van der Waals surface area contributed by atoms with Gasteiger partial charge in [0.05, 0.1) is 11.4 Å². The van der Waals surface area contributed by atoms with Crippen LogP contribution >= 0.6 is 11.8 Å². The molecule has 0 atom stereocenters. The Morgan fingerprint density at radius 2 is 1.77 bits per heavy atom. The standard InChI is InChI=1S/C22H20FN3O4S/c1-14-6-8-15(9-7-14)20(28)25-13-19(27)24-10-11-26-21(29)18(31-22(26)30)12-16-4-2-3-5-17(16)23/h2-9,12H,10-11,13H2,1H3,(H,24,27)(H,25,28). The summed E-state index contributed by atoms with van der Waals surface area (Å²) in [4.78, 5) is 49.6. The van der Waals surface area contributed by atoms with Gasteiger partial charge < -0.3 is 10.6 Å². The highest BCUT2D eigenvalue weighted by molar-refractivity contribution is 8.18. The monoisotopic (exact) mass is 441 g/mol. The summed E-state index contributed by atoms with van der Waals surface area (Å²) in [5.74, 6) is -1.86. The van der Waals surface area contributed by atoms with Crippen LogP contribution < -0.4 is 10.6 Å². The SMILES string of the molecule is Cc1ccc(C(=O)NCC(=O)NCCN2C(=O)SC(=Cc3ccccc3F)C2=O)cc1. The molecule has 1 saturated heterocycles. The highest BCUT2D eigenvalue weighted by Crippen LogP contribution is 2.32. The molecule has 9 heteroatoms. The van der Waals surface area contributed by atoms with Crippen LogP contribution in [-0.2, 0) is 9.59 Å². The van der Waals surface area contributed by atoms with Gasteiger partial charge in [-0.1, -0.05) is 35.9 Å². The Labute approximate surface area is 182 Å². The van der Waals surface area contributed by atoms with Crippen LogP contribution in [0.4, 0.5) is 9.18 Å². The third-order valence-electron chi connectivity index (χ3n) is 4.45. The van der Waals surface area contributed by atoms with E-state index < -0.39 is 22.9 Å². The van der Waals surface area contributed by atoms with Crippen LogP contribution in [0.15, 0.2) is 53.4 Å². The number of carbonyl (C=O) groups is 4. The molecule has 0 bridgehead atoms. The smallest absolute Gasteiger partial charge is 0.293 e. The maximum atomic E-state index is 13.8. The minimum Gasteiger partial charge on any atom is -0.353 e. The fraction of sp³-hybridized carbons (Fsp3) is 0.182. The van der Waals surface area contributed by atoms with Gasteiger partial charge in [-0.05, 0) is 43.0 Å². The molecular formula is C22H20FN3O4S. The third-order valence-corrected chi connectivity index (χ3v) is 5.35. The van der Waals surface area contributed by atoms with Crippen molar-refractivity contribution in [2.24, 2.45) is 0 Å². The molecular weight excluding hydrogens is 421 g/mol. The van der Waals surface area contributed by atoms with Crippen molar-refractivity contribution in [1.29, 1.82) is 0 Å². The molecule has 2 N–H and O–H groups in total. The number of rotatable bonds is 7. The van der Waals surface area contributed by atoms with Crippen molar-refractivity contribution >= 4 is 40.8 Å². The normalized spacial score (nSPS) is 14.8. The zero-order chi connectivity index (χ0) is 22.4. The van der Waals surface area contributed by atoms with Crippen LogP contribution in [0.25, 0.3) is 6.08 Å². The summed E-state index contributed by atoms with van der Waals surface area (Å²) in [6.45, 7) is 1.67. The van der Waals surface area contributed by atoms with Gasteiger partial charge in [-0.25, -0.2) is 4.39 Å². The van der Waals surface area contributed by atoms with Crippen LogP contribution in [0.3, 0.4) is 0 Å². The molecule has 0 spiro atoms. The summed E-state index contributed by atoms with van der Waals surface area (Å²) in [6, 6.07) is 12.9. The van der Waals surface area contributed by atoms with Crippen molar-refractivity contribution in [3.05, 3.63) is 75.9 Å². The highest BCUT2D eigenvalue weighted by atomic mass is 32.2.